The number of nitrogens with one attached hydrogen (secondary N) is 1. The Bertz CT molecular complexity index is 436. The summed E-state index contributed by atoms with van der Waals surface area (Å²) in [5.74, 6) is 1.23. The van der Waals surface area contributed by atoms with Crippen LogP contribution in [0.15, 0.2) is 24.3 Å². The van der Waals surface area contributed by atoms with E-state index in [1.807, 2.05) is 37.2 Å². The molecule has 0 aliphatic rings. The topological polar surface area (TPSA) is 41.6 Å². The predicted molar refractivity (Wildman–Crippen MR) is 79.1 cm³/mol. The van der Waals surface area contributed by atoms with Crippen molar-refractivity contribution in [3.05, 3.63) is 29.8 Å². The third-order valence-corrected chi connectivity index (χ3v) is 3.88. The smallest absolute Gasteiger partial charge is 0.410 e. The van der Waals surface area contributed by atoms with Crippen molar-refractivity contribution in [1.82, 2.24) is 10.2 Å². The average molecular weight is 284 g/mol. The van der Waals surface area contributed by atoms with Crippen molar-refractivity contribution in [3.8, 4) is 5.75 Å². The third kappa shape index (κ3) is 4.54. The van der Waals surface area contributed by atoms with Crippen molar-refractivity contribution in [2.24, 2.45) is 0 Å². The number of amides is 1. The summed E-state index contributed by atoms with van der Waals surface area (Å²) in [5.41, 5.74) is 0.940. The van der Waals surface area contributed by atoms with Gasteiger partial charge in [0.25, 0.3) is 0 Å². The molecule has 6 heteroatoms. The lowest BCUT2D eigenvalue weighted by molar-refractivity contribution is 0.202. The van der Waals surface area contributed by atoms with Crippen LogP contribution in [-0.4, -0.2) is 36.5 Å². The lowest BCUT2D eigenvalue weighted by Crippen LogP contribution is -2.22. The lowest BCUT2D eigenvalue weighted by Gasteiger charge is -2.14. The molecule has 0 saturated carbocycles. The van der Waals surface area contributed by atoms with Gasteiger partial charge < -0.3 is 15.0 Å². The van der Waals surface area contributed by atoms with Crippen LogP contribution in [0.5, 0.6) is 5.75 Å². The SMILES string of the molecule is CNC(=O)Oc1ccccc1CSC(=S)N(C)C. The van der Waals surface area contributed by atoms with Gasteiger partial charge in [0.05, 0.1) is 0 Å². The summed E-state index contributed by atoms with van der Waals surface area (Å²) in [6.07, 6.45) is -0.470. The van der Waals surface area contributed by atoms with Crippen molar-refractivity contribution in [2.45, 2.75) is 5.75 Å². The fraction of sp³-hybridized carbons (Fsp3) is 0.333. The molecule has 1 rings (SSSR count). The molecule has 1 aromatic carbocycles. The molecule has 0 aliphatic carbocycles. The van der Waals surface area contributed by atoms with E-state index in [-0.39, 0.29) is 0 Å². The molecule has 0 heterocycles. The molecule has 1 amide bonds. The van der Waals surface area contributed by atoms with Crippen molar-refractivity contribution in [2.75, 3.05) is 21.1 Å². The van der Waals surface area contributed by atoms with Crippen molar-refractivity contribution in [1.29, 1.82) is 0 Å². The minimum absolute atomic E-state index is 0.470. The fourth-order valence-electron chi connectivity index (χ4n) is 1.14. The van der Waals surface area contributed by atoms with Gasteiger partial charge in [0.1, 0.15) is 10.1 Å². The van der Waals surface area contributed by atoms with E-state index in [2.05, 4.69) is 5.32 Å². The summed E-state index contributed by atoms with van der Waals surface area (Å²) in [5, 5.41) is 2.42. The molecular weight excluding hydrogens is 268 g/mol. The zero-order valence-electron chi connectivity index (χ0n) is 10.6. The number of nitrogens with zero attached hydrogens (tertiary/aromatic N) is 1. The molecule has 0 spiro atoms. The van der Waals surface area contributed by atoms with Gasteiger partial charge in [0.15, 0.2) is 0 Å². The van der Waals surface area contributed by atoms with Gasteiger partial charge >= 0.3 is 6.09 Å². The number of thiocarbonyl (C=S) groups is 1. The summed E-state index contributed by atoms with van der Waals surface area (Å²) in [6, 6.07) is 7.43. The van der Waals surface area contributed by atoms with Crippen LogP contribution in [0, 0.1) is 0 Å². The van der Waals surface area contributed by atoms with Crippen LogP contribution in [0.2, 0.25) is 0 Å². The van der Waals surface area contributed by atoms with E-state index >= 15 is 0 Å². The van der Waals surface area contributed by atoms with Crippen LogP contribution in [0.4, 0.5) is 4.79 Å². The predicted octanol–water partition coefficient (Wildman–Crippen LogP) is 2.48. The zero-order valence-corrected chi connectivity index (χ0v) is 12.2. The van der Waals surface area contributed by atoms with Crippen LogP contribution in [-0.2, 0) is 5.75 Å². The van der Waals surface area contributed by atoms with Gasteiger partial charge in [-0.3, -0.25) is 0 Å². The van der Waals surface area contributed by atoms with Gasteiger partial charge in [0.2, 0.25) is 0 Å². The van der Waals surface area contributed by atoms with Gasteiger partial charge in [-0.05, 0) is 6.07 Å². The Hall–Kier alpha value is -1.27. The molecule has 0 atom stereocenters. The molecule has 1 N–H and O–H groups in total. The number of hydrogen-bond donors (Lipinski definition) is 1. The van der Waals surface area contributed by atoms with Crippen LogP contribution in [0.1, 0.15) is 5.56 Å². The molecule has 98 valence electrons. The fourth-order valence-corrected chi connectivity index (χ4v) is 2.09. The number of hydrogen-bond acceptors (Lipinski definition) is 4. The number of benzene rings is 1. The zero-order chi connectivity index (χ0) is 13.5. The first-order valence-electron chi connectivity index (χ1n) is 5.36. The summed E-state index contributed by atoms with van der Waals surface area (Å²) in [6.45, 7) is 0. The monoisotopic (exact) mass is 284 g/mol. The number of para-hydroxylation sites is 1. The van der Waals surface area contributed by atoms with E-state index in [0.717, 1.165) is 9.88 Å². The van der Waals surface area contributed by atoms with Gasteiger partial charge in [0, 0.05) is 32.5 Å². The van der Waals surface area contributed by atoms with E-state index in [0.29, 0.717) is 11.5 Å². The number of thioether (sulfide) groups is 1. The molecule has 0 aliphatic heterocycles. The maximum absolute atomic E-state index is 11.2. The Morgan fingerprint density at radius 1 is 1.44 bits per heavy atom. The van der Waals surface area contributed by atoms with E-state index in [1.165, 1.54) is 18.8 Å². The Balaban J connectivity index is 2.70. The third-order valence-electron chi connectivity index (χ3n) is 2.10. The molecule has 0 saturated heterocycles. The molecule has 18 heavy (non-hydrogen) atoms. The molecule has 0 fully saturated rings. The Labute approximate surface area is 117 Å². The Kier molecular flexibility index (Phi) is 5.94. The summed E-state index contributed by atoms with van der Waals surface area (Å²) >= 11 is 6.73. The van der Waals surface area contributed by atoms with Crippen LogP contribution >= 0.6 is 24.0 Å². The molecule has 0 aromatic heterocycles. The summed E-state index contributed by atoms with van der Waals surface area (Å²) < 4.78 is 5.96. The standard InChI is InChI=1S/C12H16N2O2S2/c1-13-11(15)16-10-7-5-4-6-9(10)8-18-12(17)14(2)3/h4-7H,8H2,1-3H3,(H,13,15). The van der Waals surface area contributed by atoms with E-state index in [1.54, 1.807) is 6.07 Å². The second-order valence-corrected chi connectivity index (χ2v) is 5.31. The first-order chi connectivity index (χ1) is 8.54. The van der Waals surface area contributed by atoms with Gasteiger partial charge in [-0.15, -0.1) is 0 Å². The van der Waals surface area contributed by atoms with Gasteiger partial charge in [-0.1, -0.05) is 42.2 Å². The molecule has 4 nitrogen and oxygen atoms in total. The van der Waals surface area contributed by atoms with Crippen molar-refractivity contribution < 1.29 is 9.53 Å². The van der Waals surface area contributed by atoms with Crippen LogP contribution < -0.4 is 10.1 Å². The Morgan fingerprint density at radius 3 is 2.72 bits per heavy atom. The number of ether oxygens (including phenoxy) is 1. The van der Waals surface area contributed by atoms with Crippen molar-refractivity contribution in [3.63, 3.8) is 0 Å². The maximum Gasteiger partial charge on any atom is 0.412 e. The largest absolute Gasteiger partial charge is 0.412 e. The molecule has 0 radical (unpaired) electrons. The number of carbonyl (C=O) groups excluding carboxylic acids is 1. The van der Waals surface area contributed by atoms with E-state index < -0.39 is 6.09 Å². The van der Waals surface area contributed by atoms with E-state index in [9.17, 15) is 4.79 Å². The van der Waals surface area contributed by atoms with Crippen LogP contribution in [0.3, 0.4) is 0 Å². The van der Waals surface area contributed by atoms with Crippen molar-refractivity contribution >= 4 is 34.4 Å². The first-order valence-corrected chi connectivity index (χ1v) is 6.75. The quantitative estimate of drug-likeness (QED) is 0.864. The Morgan fingerprint density at radius 2 is 2.11 bits per heavy atom. The average Bonchev–Trinajstić information content (AvgIpc) is 2.37. The molecule has 0 bridgehead atoms. The second kappa shape index (κ2) is 7.23. The first kappa shape index (κ1) is 14.8. The highest BCUT2D eigenvalue weighted by atomic mass is 32.2. The molecule has 0 unspecified atom stereocenters. The number of carbonyl (C=O) groups is 1. The highest BCUT2D eigenvalue weighted by Crippen LogP contribution is 2.24. The number of rotatable bonds is 3. The summed E-state index contributed by atoms with van der Waals surface area (Å²) in [7, 11) is 5.34. The highest BCUT2D eigenvalue weighted by molar-refractivity contribution is 8.22. The second-order valence-electron chi connectivity index (χ2n) is 3.70. The lowest BCUT2D eigenvalue weighted by atomic mass is 10.2. The van der Waals surface area contributed by atoms with Crippen LogP contribution in [0.25, 0.3) is 0 Å². The molecule has 1 aromatic rings. The summed E-state index contributed by atoms with van der Waals surface area (Å²) in [4.78, 5) is 13.1. The van der Waals surface area contributed by atoms with Gasteiger partial charge in [-0.2, -0.15) is 0 Å². The van der Waals surface area contributed by atoms with Gasteiger partial charge in [-0.25, -0.2) is 4.79 Å². The minimum Gasteiger partial charge on any atom is -0.410 e. The normalized spacial score (nSPS) is 9.72. The highest BCUT2D eigenvalue weighted by Gasteiger charge is 2.09. The van der Waals surface area contributed by atoms with E-state index in [4.69, 9.17) is 17.0 Å². The minimum atomic E-state index is -0.470. The maximum atomic E-state index is 11.2. The molecular formula is C12H16N2O2S2.